The monoisotopic (exact) mass is 336 g/mol. The van der Waals surface area contributed by atoms with Crippen molar-refractivity contribution in [2.75, 3.05) is 6.54 Å². The second kappa shape index (κ2) is 8.68. The zero-order valence-corrected chi connectivity index (χ0v) is 13.9. The molecule has 128 valence electrons. The van der Waals surface area contributed by atoms with E-state index in [-0.39, 0.29) is 5.91 Å². The van der Waals surface area contributed by atoms with E-state index in [0.29, 0.717) is 24.5 Å². The highest BCUT2D eigenvalue weighted by Crippen LogP contribution is 2.15. The average Bonchev–Trinajstić information content (AvgIpc) is 3.18. The van der Waals surface area contributed by atoms with Gasteiger partial charge in [0.05, 0.1) is 6.20 Å². The molecule has 0 saturated heterocycles. The molecular formula is C20H20N2O3. The Kier molecular flexibility index (Phi) is 5.82. The van der Waals surface area contributed by atoms with Crippen LogP contribution in [0.2, 0.25) is 0 Å². The molecule has 0 atom stereocenters. The maximum atomic E-state index is 12.2. The van der Waals surface area contributed by atoms with Gasteiger partial charge in [0.2, 0.25) is 0 Å². The van der Waals surface area contributed by atoms with Gasteiger partial charge in [-0.1, -0.05) is 41.6 Å². The minimum Gasteiger partial charge on any atom is -0.489 e. The van der Waals surface area contributed by atoms with Crippen LogP contribution in [0.4, 0.5) is 0 Å². The first kappa shape index (κ1) is 16.8. The molecule has 0 fully saturated rings. The number of rotatable bonds is 8. The van der Waals surface area contributed by atoms with Crippen LogP contribution >= 0.6 is 0 Å². The first-order chi connectivity index (χ1) is 12.3. The van der Waals surface area contributed by atoms with Gasteiger partial charge in [-0.3, -0.25) is 4.79 Å². The van der Waals surface area contributed by atoms with E-state index in [2.05, 4.69) is 10.5 Å². The van der Waals surface area contributed by atoms with Crippen molar-refractivity contribution in [3.05, 3.63) is 83.7 Å². The molecule has 25 heavy (non-hydrogen) atoms. The van der Waals surface area contributed by atoms with Gasteiger partial charge in [0.15, 0.2) is 0 Å². The second-order valence-corrected chi connectivity index (χ2v) is 5.69. The highest BCUT2D eigenvalue weighted by molar-refractivity contribution is 5.94. The Balaban J connectivity index is 1.47. The Morgan fingerprint density at radius 1 is 1.08 bits per heavy atom. The average molecular weight is 336 g/mol. The van der Waals surface area contributed by atoms with Crippen LogP contribution in [0.3, 0.4) is 0 Å². The van der Waals surface area contributed by atoms with Crippen LogP contribution in [0.1, 0.15) is 27.9 Å². The standard InChI is InChI=1S/C20H20N2O3/c23-20(21-11-5-8-17-13-22-25-15-17)18-9-4-10-19(12-18)24-14-16-6-2-1-3-7-16/h1-4,6-7,9-10,12-13,15H,5,8,11,14H2,(H,21,23). The van der Waals surface area contributed by atoms with Crippen LogP contribution in [0.25, 0.3) is 0 Å². The van der Waals surface area contributed by atoms with Gasteiger partial charge < -0.3 is 14.6 Å². The quantitative estimate of drug-likeness (QED) is 0.638. The molecule has 0 unspecified atom stereocenters. The Labute approximate surface area is 146 Å². The molecular weight excluding hydrogens is 316 g/mol. The SMILES string of the molecule is O=C(NCCCc1cnoc1)c1cccc(OCc2ccccc2)c1. The van der Waals surface area contributed by atoms with Crippen molar-refractivity contribution in [1.29, 1.82) is 0 Å². The van der Waals surface area contributed by atoms with Gasteiger partial charge in [0.25, 0.3) is 5.91 Å². The largest absolute Gasteiger partial charge is 0.489 e. The second-order valence-electron chi connectivity index (χ2n) is 5.69. The number of aryl methyl sites for hydroxylation is 1. The first-order valence-corrected chi connectivity index (χ1v) is 8.24. The van der Waals surface area contributed by atoms with E-state index in [9.17, 15) is 4.79 Å². The summed E-state index contributed by atoms with van der Waals surface area (Å²) in [6.45, 7) is 1.07. The summed E-state index contributed by atoms with van der Waals surface area (Å²) < 4.78 is 10.5. The third-order valence-corrected chi connectivity index (χ3v) is 3.76. The van der Waals surface area contributed by atoms with Gasteiger partial charge in [-0.25, -0.2) is 0 Å². The van der Waals surface area contributed by atoms with E-state index in [4.69, 9.17) is 9.26 Å². The molecule has 5 nitrogen and oxygen atoms in total. The number of benzene rings is 2. The van der Waals surface area contributed by atoms with Gasteiger partial charge in [-0.2, -0.15) is 0 Å². The lowest BCUT2D eigenvalue weighted by atomic mass is 10.2. The molecule has 0 saturated carbocycles. The highest BCUT2D eigenvalue weighted by atomic mass is 16.5. The smallest absolute Gasteiger partial charge is 0.251 e. The fraction of sp³-hybridized carbons (Fsp3) is 0.200. The number of carbonyl (C=O) groups excluding carboxylic acids is 1. The molecule has 1 aromatic heterocycles. The number of hydrogen-bond donors (Lipinski definition) is 1. The third kappa shape index (κ3) is 5.21. The lowest BCUT2D eigenvalue weighted by Gasteiger charge is -2.09. The predicted octanol–water partition coefficient (Wildman–Crippen LogP) is 3.62. The van der Waals surface area contributed by atoms with Crippen molar-refractivity contribution in [3.8, 4) is 5.75 Å². The van der Waals surface area contributed by atoms with E-state index in [1.807, 2.05) is 42.5 Å². The zero-order valence-electron chi connectivity index (χ0n) is 13.9. The van der Waals surface area contributed by atoms with Gasteiger partial charge in [-0.15, -0.1) is 0 Å². The Morgan fingerprint density at radius 2 is 1.96 bits per heavy atom. The maximum Gasteiger partial charge on any atom is 0.251 e. The summed E-state index contributed by atoms with van der Waals surface area (Å²) in [5.74, 6) is 0.580. The number of nitrogens with one attached hydrogen (secondary N) is 1. The topological polar surface area (TPSA) is 64.4 Å². The van der Waals surface area contributed by atoms with Crippen molar-refractivity contribution in [1.82, 2.24) is 10.5 Å². The van der Waals surface area contributed by atoms with Crippen molar-refractivity contribution in [3.63, 3.8) is 0 Å². The molecule has 3 aromatic rings. The summed E-state index contributed by atoms with van der Waals surface area (Å²) in [4.78, 5) is 12.2. The summed E-state index contributed by atoms with van der Waals surface area (Å²) in [5.41, 5.74) is 2.71. The van der Waals surface area contributed by atoms with Gasteiger partial charge in [0.1, 0.15) is 18.6 Å². The van der Waals surface area contributed by atoms with Gasteiger partial charge in [-0.05, 0) is 36.6 Å². The van der Waals surface area contributed by atoms with Crippen molar-refractivity contribution < 1.29 is 14.1 Å². The molecule has 0 aliphatic heterocycles. The Hall–Kier alpha value is -3.08. The number of amides is 1. The lowest BCUT2D eigenvalue weighted by molar-refractivity contribution is 0.0952. The minimum absolute atomic E-state index is 0.101. The normalized spacial score (nSPS) is 10.4. The number of ether oxygens (including phenoxy) is 1. The molecule has 0 aliphatic rings. The van der Waals surface area contributed by atoms with Crippen LogP contribution in [0.5, 0.6) is 5.75 Å². The van der Waals surface area contributed by atoms with Crippen molar-refractivity contribution >= 4 is 5.91 Å². The van der Waals surface area contributed by atoms with Gasteiger partial charge >= 0.3 is 0 Å². The van der Waals surface area contributed by atoms with E-state index in [1.54, 1.807) is 24.6 Å². The van der Waals surface area contributed by atoms with E-state index >= 15 is 0 Å². The zero-order chi connectivity index (χ0) is 17.3. The van der Waals surface area contributed by atoms with Crippen molar-refractivity contribution in [2.45, 2.75) is 19.4 Å². The molecule has 2 aromatic carbocycles. The maximum absolute atomic E-state index is 12.2. The summed E-state index contributed by atoms with van der Waals surface area (Å²) in [6.07, 6.45) is 4.96. The molecule has 0 aliphatic carbocycles. The molecule has 5 heteroatoms. The van der Waals surface area contributed by atoms with Crippen LogP contribution in [-0.2, 0) is 13.0 Å². The highest BCUT2D eigenvalue weighted by Gasteiger charge is 2.06. The van der Waals surface area contributed by atoms with Gasteiger partial charge in [0, 0.05) is 17.7 Å². The van der Waals surface area contributed by atoms with E-state index < -0.39 is 0 Å². The van der Waals surface area contributed by atoms with E-state index in [1.165, 1.54) is 0 Å². The van der Waals surface area contributed by atoms with Crippen LogP contribution in [-0.4, -0.2) is 17.6 Å². The molecule has 0 spiro atoms. The number of hydrogen-bond acceptors (Lipinski definition) is 4. The van der Waals surface area contributed by atoms with Crippen LogP contribution < -0.4 is 10.1 Å². The first-order valence-electron chi connectivity index (χ1n) is 8.24. The minimum atomic E-state index is -0.101. The third-order valence-electron chi connectivity index (χ3n) is 3.76. The lowest BCUT2D eigenvalue weighted by Crippen LogP contribution is -2.24. The molecule has 1 N–H and O–H groups in total. The summed E-state index contributed by atoms with van der Waals surface area (Å²) in [6, 6.07) is 17.2. The van der Waals surface area contributed by atoms with E-state index in [0.717, 1.165) is 24.0 Å². The van der Waals surface area contributed by atoms with Crippen LogP contribution in [0, 0.1) is 0 Å². The number of aromatic nitrogens is 1. The number of nitrogens with zero attached hydrogens (tertiary/aromatic N) is 1. The van der Waals surface area contributed by atoms with Crippen molar-refractivity contribution in [2.24, 2.45) is 0 Å². The summed E-state index contributed by atoms with van der Waals surface area (Å²) in [7, 11) is 0. The Morgan fingerprint density at radius 3 is 2.76 bits per heavy atom. The number of carbonyl (C=O) groups is 1. The summed E-state index contributed by atoms with van der Waals surface area (Å²) >= 11 is 0. The molecule has 3 rings (SSSR count). The fourth-order valence-electron chi connectivity index (χ4n) is 2.41. The molecule has 0 radical (unpaired) electrons. The van der Waals surface area contributed by atoms with Crippen LogP contribution in [0.15, 0.2) is 71.6 Å². The molecule has 1 amide bonds. The predicted molar refractivity (Wildman–Crippen MR) is 94.4 cm³/mol. The molecule has 0 bridgehead atoms. The fourth-order valence-corrected chi connectivity index (χ4v) is 2.41. The Bertz CT molecular complexity index is 786. The summed E-state index contributed by atoms with van der Waals surface area (Å²) in [5, 5.41) is 6.57. The molecule has 1 heterocycles.